The predicted molar refractivity (Wildman–Crippen MR) is 105 cm³/mol. The molecule has 1 N–H and O–H groups in total. The van der Waals surface area contributed by atoms with Crippen molar-refractivity contribution in [1.82, 2.24) is 4.90 Å². The zero-order valence-electron chi connectivity index (χ0n) is 16.0. The molecule has 0 spiro atoms. The van der Waals surface area contributed by atoms with Crippen LogP contribution in [0.25, 0.3) is 0 Å². The molecule has 0 unspecified atom stereocenters. The maximum atomic E-state index is 12.5. The Morgan fingerprint density at radius 3 is 2.50 bits per heavy atom. The normalized spacial score (nSPS) is 9.89. The molecule has 0 saturated carbocycles. The number of anilines is 1. The highest BCUT2D eigenvalue weighted by Gasteiger charge is 2.18. The number of nitrogens with zero attached hydrogens (tertiary/aromatic N) is 2. The van der Waals surface area contributed by atoms with E-state index in [4.69, 9.17) is 14.7 Å². The Morgan fingerprint density at radius 2 is 1.86 bits per heavy atom. The van der Waals surface area contributed by atoms with Crippen LogP contribution >= 0.6 is 0 Å². The molecule has 0 aliphatic carbocycles. The van der Waals surface area contributed by atoms with E-state index in [1.165, 1.54) is 12.0 Å². The van der Waals surface area contributed by atoms with Crippen LogP contribution in [0.3, 0.4) is 0 Å². The van der Waals surface area contributed by atoms with Gasteiger partial charge in [-0.15, -0.1) is 0 Å². The Hall–Kier alpha value is -3.53. The molecular weight excluding hydrogens is 358 g/mol. The zero-order chi connectivity index (χ0) is 20.4. The van der Waals surface area contributed by atoms with E-state index < -0.39 is 0 Å². The fraction of sp³-hybridized carbons (Fsp3) is 0.286. The van der Waals surface area contributed by atoms with Crippen LogP contribution in [0.4, 0.5) is 5.69 Å². The van der Waals surface area contributed by atoms with Crippen LogP contribution in [0.2, 0.25) is 0 Å². The summed E-state index contributed by atoms with van der Waals surface area (Å²) >= 11 is 0. The Morgan fingerprint density at radius 1 is 1.14 bits per heavy atom. The van der Waals surface area contributed by atoms with Gasteiger partial charge in [-0.3, -0.25) is 9.59 Å². The minimum atomic E-state index is -0.315. The first-order chi connectivity index (χ1) is 13.6. The van der Waals surface area contributed by atoms with Gasteiger partial charge in [0.2, 0.25) is 5.91 Å². The minimum absolute atomic E-state index is 0.0819. The second-order valence-electron chi connectivity index (χ2n) is 5.99. The number of hydrogen-bond donors (Lipinski definition) is 1. The Bertz CT molecular complexity index is 843. The fourth-order valence-electron chi connectivity index (χ4n) is 2.53. The second-order valence-corrected chi connectivity index (χ2v) is 5.99. The van der Waals surface area contributed by atoms with Gasteiger partial charge in [0.25, 0.3) is 5.91 Å². The molecule has 0 aromatic heterocycles. The van der Waals surface area contributed by atoms with Gasteiger partial charge in [0.15, 0.2) is 6.61 Å². The lowest BCUT2D eigenvalue weighted by Gasteiger charge is -2.22. The number of rotatable bonds is 9. The summed E-state index contributed by atoms with van der Waals surface area (Å²) in [6, 6.07) is 15.6. The molecule has 2 aromatic carbocycles. The zero-order valence-corrected chi connectivity index (χ0v) is 16.0. The first kappa shape index (κ1) is 20.8. The third-order valence-electron chi connectivity index (χ3n) is 3.91. The summed E-state index contributed by atoms with van der Waals surface area (Å²) in [5.74, 6) is 0.432. The van der Waals surface area contributed by atoms with Crippen molar-refractivity contribution in [3.05, 3.63) is 54.1 Å². The molecule has 0 fully saturated rings. The van der Waals surface area contributed by atoms with Crippen molar-refractivity contribution < 1.29 is 19.1 Å². The van der Waals surface area contributed by atoms with Gasteiger partial charge < -0.3 is 19.7 Å². The van der Waals surface area contributed by atoms with E-state index in [9.17, 15) is 9.59 Å². The molecular formula is C21H23N3O4. The molecule has 0 bridgehead atoms. The van der Waals surface area contributed by atoms with Crippen LogP contribution in [0.15, 0.2) is 48.5 Å². The average Bonchev–Trinajstić information content (AvgIpc) is 2.72. The standard InChI is InChI=1S/C21H23N3O4/c1-3-12-24(14-20(25)23-18-6-4-5-7-19(18)27-2)21(26)15-28-17-10-8-16(13-22)9-11-17/h4-11H,3,12,14-15H2,1-2H3,(H,23,25). The maximum Gasteiger partial charge on any atom is 0.260 e. The molecule has 0 aliphatic rings. The molecule has 0 atom stereocenters. The minimum Gasteiger partial charge on any atom is -0.495 e. The third kappa shape index (κ3) is 6.02. The van der Waals surface area contributed by atoms with E-state index >= 15 is 0 Å². The lowest BCUT2D eigenvalue weighted by Crippen LogP contribution is -2.41. The predicted octanol–water partition coefficient (Wildman–Crippen LogP) is 2.82. The maximum absolute atomic E-state index is 12.5. The van der Waals surface area contributed by atoms with E-state index in [-0.39, 0.29) is 25.0 Å². The summed E-state index contributed by atoms with van der Waals surface area (Å²) in [4.78, 5) is 26.3. The van der Waals surface area contributed by atoms with Gasteiger partial charge in [0, 0.05) is 6.54 Å². The molecule has 2 aromatic rings. The summed E-state index contributed by atoms with van der Waals surface area (Å²) in [5, 5.41) is 11.6. The molecule has 0 heterocycles. The smallest absolute Gasteiger partial charge is 0.260 e. The number of nitrogens with one attached hydrogen (secondary N) is 1. The molecule has 0 aliphatic heterocycles. The molecule has 7 heteroatoms. The van der Waals surface area contributed by atoms with Crippen molar-refractivity contribution in [2.24, 2.45) is 0 Å². The van der Waals surface area contributed by atoms with Crippen molar-refractivity contribution in [3.8, 4) is 17.6 Å². The monoisotopic (exact) mass is 381 g/mol. The molecule has 0 radical (unpaired) electrons. The van der Waals surface area contributed by atoms with Crippen LogP contribution in [0.5, 0.6) is 11.5 Å². The van der Waals surface area contributed by atoms with Gasteiger partial charge in [-0.2, -0.15) is 5.26 Å². The number of methoxy groups -OCH3 is 1. The first-order valence-electron chi connectivity index (χ1n) is 8.91. The fourth-order valence-corrected chi connectivity index (χ4v) is 2.53. The van der Waals surface area contributed by atoms with Gasteiger partial charge in [-0.25, -0.2) is 0 Å². The Balaban J connectivity index is 1.94. The van der Waals surface area contributed by atoms with Gasteiger partial charge in [-0.1, -0.05) is 19.1 Å². The number of amides is 2. The number of nitriles is 1. The molecule has 2 amide bonds. The van der Waals surface area contributed by atoms with Gasteiger partial charge in [0.05, 0.1) is 31.0 Å². The Labute approximate surface area is 164 Å². The van der Waals surface area contributed by atoms with Crippen molar-refractivity contribution in [2.75, 3.05) is 32.1 Å². The van der Waals surface area contributed by atoms with Crippen LogP contribution in [0, 0.1) is 11.3 Å². The highest BCUT2D eigenvalue weighted by molar-refractivity contribution is 5.95. The quantitative estimate of drug-likeness (QED) is 0.721. The second kappa shape index (κ2) is 10.6. The SMILES string of the molecule is CCCN(CC(=O)Nc1ccccc1OC)C(=O)COc1ccc(C#N)cc1. The van der Waals surface area contributed by atoms with E-state index in [0.29, 0.717) is 35.7 Å². The number of hydrogen-bond acceptors (Lipinski definition) is 5. The summed E-state index contributed by atoms with van der Waals surface area (Å²) in [7, 11) is 1.53. The number of carbonyl (C=O) groups excluding carboxylic acids is 2. The topological polar surface area (TPSA) is 91.7 Å². The summed E-state index contributed by atoms with van der Waals surface area (Å²) < 4.78 is 10.7. The molecule has 146 valence electrons. The molecule has 2 rings (SSSR count). The highest BCUT2D eigenvalue weighted by atomic mass is 16.5. The van der Waals surface area contributed by atoms with E-state index in [2.05, 4.69) is 5.32 Å². The highest BCUT2D eigenvalue weighted by Crippen LogP contribution is 2.22. The van der Waals surface area contributed by atoms with Crippen LogP contribution in [0.1, 0.15) is 18.9 Å². The number of carbonyl (C=O) groups is 2. The van der Waals surface area contributed by atoms with Crippen LogP contribution in [-0.2, 0) is 9.59 Å². The molecule has 28 heavy (non-hydrogen) atoms. The lowest BCUT2D eigenvalue weighted by molar-refractivity contribution is -0.136. The van der Waals surface area contributed by atoms with E-state index in [0.717, 1.165) is 0 Å². The largest absolute Gasteiger partial charge is 0.495 e. The first-order valence-corrected chi connectivity index (χ1v) is 8.91. The van der Waals surface area contributed by atoms with E-state index in [1.807, 2.05) is 19.1 Å². The average molecular weight is 381 g/mol. The summed E-state index contributed by atoms with van der Waals surface area (Å²) in [6.45, 7) is 2.10. The van der Waals surface area contributed by atoms with Gasteiger partial charge in [0.1, 0.15) is 11.5 Å². The number of para-hydroxylation sites is 2. The van der Waals surface area contributed by atoms with Crippen molar-refractivity contribution in [3.63, 3.8) is 0 Å². The van der Waals surface area contributed by atoms with Gasteiger partial charge >= 0.3 is 0 Å². The van der Waals surface area contributed by atoms with Crippen LogP contribution < -0.4 is 14.8 Å². The Kier molecular flexibility index (Phi) is 7.85. The third-order valence-corrected chi connectivity index (χ3v) is 3.91. The van der Waals surface area contributed by atoms with Crippen LogP contribution in [-0.4, -0.2) is 43.5 Å². The number of ether oxygens (including phenoxy) is 2. The van der Waals surface area contributed by atoms with Crippen molar-refractivity contribution >= 4 is 17.5 Å². The van der Waals surface area contributed by atoms with Crippen molar-refractivity contribution in [1.29, 1.82) is 5.26 Å². The number of benzene rings is 2. The van der Waals surface area contributed by atoms with Crippen molar-refractivity contribution in [2.45, 2.75) is 13.3 Å². The molecule has 7 nitrogen and oxygen atoms in total. The van der Waals surface area contributed by atoms with Gasteiger partial charge in [-0.05, 0) is 42.8 Å². The summed E-state index contributed by atoms with van der Waals surface area (Å²) in [6.07, 6.45) is 0.713. The lowest BCUT2D eigenvalue weighted by atomic mass is 10.2. The van der Waals surface area contributed by atoms with E-state index in [1.54, 1.807) is 42.5 Å². The summed E-state index contributed by atoms with van der Waals surface area (Å²) in [5.41, 5.74) is 1.06. The molecule has 0 saturated heterocycles.